The normalized spacial score (nSPS) is 26.9. The fourth-order valence-corrected chi connectivity index (χ4v) is 4.25. The molecule has 118 valence electrons. The zero-order valence-corrected chi connectivity index (χ0v) is 13.4. The third kappa shape index (κ3) is 2.10. The standard InChI is InChI=1S/C18H21N5/c1-21-7-4-15-10-14(2-3-17(15)21)16-11-23(20-19-16)18-12-22-8-5-13(18)6-9-22/h2-4,7,10-11,13,18H,5-6,8-9,12H2,1H3. The molecule has 23 heavy (non-hydrogen) atoms. The zero-order chi connectivity index (χ0) is 15.4. The molecular formula is C18H21N5. The number of fused-ring (bicyclic) bond motifs is 4. The summed E-state index contributed by atoms with van der Waals surface area (Å²) in [7, 11) is 2.08. The Labute approximate surface area is 135 Å². The summed E-state index contributed by atoms with van der Waals surface area (Å²) in [6, 6.07) is 9.17. The number of rotatable bonds is 2. The summed E-state index contributed by atoms with van der Waals surface area (Å²) in [5.41, 5.74) is 3.38. The topological polar surface area (TPSA) is 38.9 Å². The van der Waals surface area contributed by atoms with Crippen molar-refractivity contribution in [3.8, 4) is 11.3 Å². The van der Waals surface area contributed by atoms with Crippen molar-refractivity contribution >= 4 is 10.9 Å². The van der Waals surface area contributed by atoms with Gasteiger partial charge in [-0.05, 0) is 50.0 Å². The van der Waals surface area contributed by atoms with Gasteiger partial charge in [-0.2, -0.15) is 0 Å². The van der Waals surface area contributed by atoms with E-state index in [1.54, 1.807) is 0 Å². The highest BCUT2D eigenvalue weighted by atomic mass is 15.4. The number of aryl methyl sites for hydroxylation is 1. The Morgan fingerprint density at radius 1 is 1.13 bits per heavy atom. The van der Waals surface area contributed by atoms with Gasteiger partial charge in [0.25, 0.3) is 0 Å². The van der Waals surface area contributed by atoms with E-state index in [0.29, 0.717) is 6.04 Å². The molecule has 2 aromatic heterocycles. The maximum absolute atomic E-state index is 4.46. The van der Waals surface area contributed by atoms with Gasteiger partial charge in [0, 0.05) is 36.3 Å². The average molecular weight is 307 g/mol. The number of piperidine rings is 3. The van der Waals surface area contributed by atoms with Gasteiger partial charge < -0.3 is 9.47 Å². The van der Waals surface area contributed by atoms with Crippen molar-refractivity contribution in [3.63, 3.8) is 0 Å². The molecule has 3 fully saturated rings. The molecule has 2 bridgehead atoms. The predicted octanol–water partition coefficient (Wildman–Crippen LogP) is 2.70. The Bertz CT molecular complexity index is 853. The molecular weight excluding hydrogens is 286 g/mol. The third-order valence-corrected chi connectivity index (χ3v) is 5.65. The molecule has 0 aliphatic carbocycles. The number of benzene rings is 1. The van der Waals surface area contributed by atoms with Gasteiger partial charge in [0.2, 0.25) is 0 Å². The highest BCUT2D eigenvalue weighted by Crippen LogP contribution is 2.35. The molecule has 1 aromatic carbocycles. The van der Waals surface area contributed by atoms with E-state index in [-0.39, 0.29) is 0 Å². The molecule has 1 unspecified atom stereocenters. The van der Waals surface area contributed by atoms with Crippen LogP contribution in [0.4, 0.5) is 0 Å². The Kier molecular flexibility index (Phi) is 2.85. The first-order valence-electron chi connectivity index (χ1n) is 8.47. The van der Waals surface area contributed by atoms with Crippen LogP contribution in [0.1, 0.15) is 18.9 Å². The van der Waals surface area contributed by atoms with Crippen LogP contribution in [0.25, 0.3) is 22.2 Å². The molecule has 3 aromatic rings. The van der Waals surface area contributed by atoms with Crippen molar-refractivity contribution in [2.45, 2.75) is 18.9 Å². The molecule has 0 amide bonds. The minimum absolute atomic E-state index is 0.499. The first kappa shape index (κ1) is 13.3. The van der Waals surface area contributed by atoms with Crippen molar-refractivity contribution in [2.24, 2.45) is 13.0 Å². The van der Waals surface area contributed by atoms with Gasteiger partial charge >= 0.3 is 0 Å². The van der Waals surface area contributed by atoms with E-state index in [4.69, 9.17) is 0 Å². The highest BCUT2D eigenvalue weighted by molar-refractivity contribution is 5.84. The van der Waals surface area contributed by atoms with Gasteiger partial charge in [-0.15, -0.1) is 5.10 Å². The van der Waals surface area contributed by atoms with E-state index in [2.05, 4.69) is 68.2 Å². The lowest BCUT2D eigenvalue weighted by Crippen LogP contribution is -2.48. The molecule has 1 atom stereocenters. The van der Waals surface area contributed by atoms with Crippen LogP contribution >= 0.6 is 0 Å². The molecule has 0 spiro atoms. The van der Waals surface area contributed by atoms with Gasteiger partial charge in [-0.3, -0.25) is 0 Å². The number of hydrogen-bond acceptors (Lipinski definition) is 3. The van der Waals surface area contributed by atoms with Crippen LogP contribution in [0.5, 0.6) is 0 Å². The van der Waals surface area contributed by atoms with Gasteiger partial charge in [-0.1, -0.05) is 11.3 Å². The molecule has 0 saturated carbocycles. The van der Waals surface area contributed by atoms with E-state index in [9.17, 15) is 0 Å². The summed E-state index contributed by atoms with van der Waals surface area (Å²) in [5.74, 6) is 0.770. The number of aromatic nitrogens is 4. The van der Waals surface area contributed by atoms with Crippen LogP contribution in [0.3, 0.4) is 0 Å². The molecule has 5 nitrogen and oxygen atoms in total. The van der Waals surface area contributed by atoms with Crippen LogP contribution in [0.2, 0.25) is 0 Å². The summed E-state index contributed by atoms with van der Waals surface area (Å²) in [5, 5.41) is 10.2. The van der Waals surface area contributed by atoms with Crippen molar-refractivity contribution in [1.82, 2.24) is 24.5 Å². The smallest absolute Gasteiger partial charge is 0.113 e. The first-order valence-corrected chi connectivity index (χ1v) is 8.47. The van der Waals surface area contributed by atoms with Crippen LogP contribution in [-0.4, -0.2) is 44.1 Å². The second-order valence-electron chi connectivity index (χ2n) is 6.99. The minimum Gasteiger partial charge on any atom is -0.351 e. The second kappa shape index (κ2) is 4.93. The van der Waals surface area contributed by atoms with Gasteiger partial charge in [0.05, 0.1) is 12.2 Å². The van der Waals surface area contributed by atoms with Crippen LogP contribution in [-0.2, 0) is 7.05 Å². The monoisotopic (exact) mass is 307 g/mol. The van der Waals surface area contributed by atoms with Gasteiger partial charge in [0.1, 0.15) is 5.69 Å². The average Bonchev–Trinajstić information content (AvgIpc) is 3.23. The van der Waals surface area contributed by atoms with Crippen molar-refractivity contribution in [2.75, 3.05) is 19.6 Å². The lowest BCUT2D eigenvalue weighted by molar-refractivity contribution is 0.0504. The summed E-state index contributed by atoms with van der Waals surface area (Å²) >= 11 is 0. The highest BCUT2D eigenvalue weighted by Gasteiger charge is 2.35. The zero-order valence-electron chi connectivity index (χ0n) is 13.4. The van der Waals surface area contributed by atoms with Crippen LogP contribution < -0.4 is 0 Å². The van der Waals surface area contributed by atoms with E-state index in [1.807, 2.05) is 0 Å². The molecule has 5 heterocycles. The molecule has 3 saturated heterocycles. The van der Waals surface area contributed by atoms with Crippen molar-refractivity contribution in [3.05, 3.63) is 36.7 Å². The van der Waals surface area contributed by atoms with E-state index >= 15 is 0 Å². The summed E-state index contributed by atoms with van der Waals surface area (Å²) < 4.78 is 4.25. The predicted molar refractivity (Wildman–Crippen MR) is 90.1 cm³/mol. The van der Waals surface area contributed by atoms with Gasteiger partial charge in [-0.25, -0.2) is 4.68 Å². The van der Waals surface area contributed by atoms with Crippen molar-refractivity contribution < 1.29 is 0 Å². The van der Waals surface area contributed by atoms with E-state index in [1.165, 1.54) is 36.8 Å². The molecule has 0 N–H and O–H groups in total. The maximum Gasteiger partial charge on any atom is 0.113 e. The second-order valence-corrected chi connectivity index (χ2v) is 6.99. The summed E-state index contributed by atoms with van der Waals surface area (Å²) in [6.45, 7) is 3.64. The van der Waals surface area contributed by atoms with Gasteiger partial charge in [0.15, 0.2) is 0 Å². The lowest BCUT2D eigenvalue weighted by atomic mass is 9.84. The first-order chi connectivity index (χ1) is 11.3. The fourth-order valence-electron chi connectivity index (χ4n) is 4.25. The Morgan fingerprint density at radius 3 is 2.78 bits per heavy atom. The third-order valence-electron chi connectivity index (χ3n) is 5.65. The largest absolute Gasteiger partial charge is 0.351 e. The van der Waals surface area contributed by atoms with E-state index in [0.717, 1.165) is 23.7 Å². The Hall–Kier alpha value is -2.14. The van der Waals surface area contributed by atoms with Crippen LogP contribution in [0.15, 0.2) is 36.7 Å². The molecule has 6 rings (SSSR count). The SMILES string of the molecule is Cn1ccc2cc(-c3cn(C4CN5CCC4CC5)nn3)ccc21. The maximum atomic E-state index is 4.46. The minimum atomic E-state index is 0.499. The Morgan fingerprint density at radius 2 is 2.00 bits per heavy atom. The molecule has 5 heteroatoms. The fraction of sp³-hybridized carbons (Fsp3) is 0.444. The quantitative estimate of drug-likeness (QED) is 0.731. The van der Waals surface area contributed by atoms with Crippen LogP contribution in [0, 0.1) is 5.92 Å². The number of hydrogen-bond donors (Lipinski definition) is 0. The summed E-state index contributed by atoms with van der Waals surface area (Å²) in [6.07, 6.45) is 6.83. The molecule has 0 radical (unpaired) electrons. The van der Waals surface area contributed by atoms with E-state index < -0.39 is 0 Å². The Balaban J connectivity index is 1.48. The molecule has 3 aliphatic heterocycles. The number of nitrogens with zero attached hydrogens (tertiary/aromatic N) is 5. The summed E-state index contributed by atoms with van der Waals surface area (Å²) in [4.78, 5) is 2.56. The van der Waals surface area contributed by atoms with Crippen molar-refractivity contribution in [1.29, 1.82) is 0 Å². The molecule has 3 aliphatic rings. The lowest BCUT2D eigenvalue weighted by Gasteiger charge is -2.44.